The zero-order chi connectivity index (χ0) is 24.1. The first-order valence-electron chi connectivity index (χ1n) is 11.2. The van der Waals surface area contributed by atoms with Crippen molar-refractivity contribution >= 4 is 22.5 Å². The van der Waals surface area contributed by atoms with Crippen molar-refractivity contribution in [1.29, 1.82) is 0 Å². The average Bonchev–Trinajstić information content (AvgIpc) is 3.31. The number of hydrogen-bond acceptors (Lipinski definition) is 7. The minimum Gasteiger partial charge on any atom is -0.368 e. The first-order valence-corrected chi connectivity index (χ1v) is 11.2. The van der Waals surface area contributed by atoms with E-state index in [-0.39, 0.29) is 23.3 Å². The molecule has 0 aliphatic carbocycles. The van der Waals surface area contributed by atoms with Gasteiger partial charge in [0, 0.05) is 36.9 Å². The quantitative estimate of drug-likeness (QED) is 0.349. The molecule has 2 heterocycles. The van der Waals surface area contributed by atoms with Crippen LogP contribution in [0.15, 0.2) is 57.8 Å². The summed E-state index contributed by atoms with van der Waals surface area (Å²) in [6, 6.07) is 15.2. The van der Waals surface area contributed by atoms with Crippen LogP contribution in [0.1, 0.15) is 31.7 Å². The Morgan fingerprint density at radius 1 is 1.06 bits per heavy atom. The van der Waals surface area contributed by atoms with Crippen LogP contribution < -0.4 is 16.2 Å². The molecule has 0 atom stereocenters. The van der Waals surface area contributed by atoms with E-state index in [4.69, 9.17) is 4.52 Å². The predicted octanol–water partition coefficient (Wildman–Crippen LogP) is 3.47. The van der Waals surface area contributed by atoms with Gasteiger partial charge in [0.1, 0.15) is 0 Å². The molecule has 0 unspecified atom stereocenters. The lowest BCUT2D eigenvalue weighted by molar-refractivity contribution is -0.121. The molecule has 0 aliphatic rings. The monoisotopic (exact) mass is 460 g/mol. The molecule has 9 heteroatoms. The number of hydrogen-bond donors (Lipinski definition) is 3. The van der Waals surface area contributed by atoms with Gasteiger partial charge in [0.2, 0.25) is 17.6 Å². The van der Waals surface area contributed by atoms with Gasteiger partial charge in [-0.2, -0.15) is 10.1 Å². The molecular formula is C25H28N6O3. The van der Waals surface area contributed by atoms with E-state index in [9.17, 15) is 9.59 Å². The number of H-pyrrole nitrogens is 1. The van der Waals surface area contributed by atoms with Crippen LogP contribution in [0.25, 0.3) is 22.2 Å². The van der Waals surface area contributed by atoms with Gasteiger partial charge in [-0.3, -0.25) is 9.59 Å². The van der Waals surface area contributed by atoms with Crippen molar-refractivity contribution in [2.75, 3.05) is 18.4 Å². The Bertz CT molecular complexity index is 1340. The van der Waals surface area contributed by atoms with Gasteiger partial charge in [-0.05, 0) is 18.4 Å². The minimum absolute atomic E-state index is 0.0872. The Morgan fingerprint density at radius 3 is 2.56 bits per heavy atom. The Balaban J connectivity index is 1.26. The van der Waals surface area contributed by atoms with E-state index in [1.165, 1.54) is 0 Å². The summed E-state index contributed by atoms with van der Waals surface area (Å²) in [5.74, 6) is 1.47. The number of aromatic amines is 1. The van der Waals surface area contributed by atoms with Crippen LogP contribution in [0.3, 0.4) is 0 Å². The summed E-state index contributed by atoms with van der Waals surface area (Å²) in [6.07, 6.45) is 0.627. The predicted molar refractivity (Wildman–Crippen MR) is 130 cm³/mol. The summed E-state index contributed by atoms with van der Waals surface area (Å²) < 4.78 is 5.29. The van der Waals surface area contributed by atoms with E-state index < -0.39 is 0 Å². The van der Waals surface area contributed by atoms with Crippen LogP contribution in [0.5, 0.6) is 0 Å². The van der Waals surface area contributed by atoms with Gasteiger partial charge >= 0.3 is 0 Å². The van der Waals surface area contributed by atoms with Crippen LogP contribution in [0.4, 0.5) is 5.82 Å². The first kappa shape index (κ1) is 23.2. The van der Waals surface area contributed by atoms with Crippen LogP contribution in [-0.4, -0.2) is 39.3 Å². The van der Waals surface area contributed by atoms with Crippen molar-refractivity contribution in [3.63, 3.8) is 0 Å². The SMILES string of the molecule is Cc1ccc(-c2noc(CCC(=O)NCC(C)(C)CNc3n[nH]c(=O)c4ccccc34)n2)cc1. The van der Waals surface area contributed by atoms with Gasteiger partial charge in [-0.25, -0.2) is 5.10 Å². The highest BCUT2D eigenvalue weighted by Gasteiger charge is 2.20. The molecule has 0 fully saturated rings. The van der Waals surface area contributed by atoms with Crippen LogP contribution in [0, 0.1) is 12.3 Å². The third-order valence-electron chi connectivity index (χ3n) is 5.54. The lowest BCUT2D eigenvalue weighted by atomic mass is 9.93. The Hall–Kier alpha value is -4.01. The number of fused-ring (bicyclic) bond motifs is 1. The second-order valence-electron chi connectivity index (χ2n) is 9.12. The van der Waals surface area contributed by atoms with Crippen LogP contribution in [-0.2, 0) is 11.2 Å². The number of rotatable bonds is 9. The Labute approximate surface area is 197 Å². The van der Waals surface area contributed by atoms with Crippen molar-refractivity contribution in [2.24, 2.45) is 5.41 Å². The summed E-state index contributed by atoms with van der Waals surface area (Å²) in [4.78, 5) is 28.7. The van der Waals surface area contributed by atoms with Crippen molar-refractivity contribution in [2.45, 2.75) is 33.6 Å². The van der Waals surface area contributed by atoms with Crippen molar-refractivity contribution < 1.29 is 9.32 Å². The van der Waals surface area contributed by atoms with Crippen molar-refractivity contribution in [3.05, 3.63) is 70.3 Å². The highest BCUT2D eigenvalue weighted by Crippen LogP contribution is 2.20. The average molecular weight is 461 g/mol. The molecule has 9 nitrogen and oxygen atoms in total. The molecule has 4 rings (SSSR count). The number of carbonyl (C=O) groups is 1. The molecule has 1 amide bonds. The zero-order valence-electron chi connectivity index (χ0n) is 19.5. The lowest BCUT2D eigenvalue weighted by Gasteiger charge is -2.25. The highest BCUT2D eigenvalue weighted by molar-refractivity contribution is 5.90. The van der Waals surface area contributed by atoms with E-state index in [2.05, 4.69) is 31.0 Å². The fourth-order valence-corrected chi connectivity index (χ4v) is 3.46. The van der Waals surface area contributed by atoms with Gasteiger partial charge in [0.25, 0.3) is 5.56 Å². The number of carbonyl (C=O) groups excluding carboxylic acids is 1. The summed E-state index contributed by atoms with van der Waals surface area (Å²) in [5, 5.41) is 18.3. The number of nitrogens with one attached hydrogen (secondary N) is 3. The minimum atomic E-state index is -0.252. The number of nitrogens with zero attached hydrogens (tertiary/aromatic N) is 3. The Morgan fingerprint density at radius 2 is 1.79 bits per heavy atom. The maximum atomic E-state index is 12.4. The zero-order valence-corrected chi connectivity index (χ0v) is 19.5. The van der Waals surface area contributed by atoms with Crippen LogP contribution in [0.2, 0.25) is 0 Å². The molecule has 3 N–H and O–H groups in total. The molecule has 0 radical (unpaired) electrons. The molecule has 0 aliphatic heterocycles. The molecule has 34 heavy (non-hydrogen) atoms. The molecule has 0 spiro atoms. The lowest BCUT2D eigenvalue weighted by Crippen LogP contribution is -2.38. The normalized spacial score (nSPS) is 11.5. The molecule has 176 valence electrons. The number of amides is 1. The number of benzene rings is 2. The largest absolute Gasteiger partial charge is 0.368 e. The maximum Gasteiger partial charge on any atom is 0.272 e. The fraction of sp³-hybridized carbons (Fsp3) is 0.320. The summed E-state index contributed by atoms with van der Waals surface area (Å²) >= 11 is 0. The number of aryl methyl sites for hydroxylation is 2. The van der Waals surface area contributed by atoms with Gasteiger partial charge in [0.15, 0.2) is 5.82 Å². The van der Waals surface area contributed by atoms with Gasteiger partial charge in [0.05, 0.1) is 5.39 Å². The summed E-state index contributed by atoms with van der Waals surface area (Å²) in [6.45, 7) is 7.13. The van der Waals surface area contributed by atoms with Gasteiger partial charge in [-0.1, -0.05) is 67.0 Å². The third kappa shape index (κ3) is 5.67. The topological polar surface area (TPSA) is 126 Å². The molecule has 0 bridgehead atoms. The fourth-order valence-electron chi connectivity index (χ4n) is 3.46. The third-order valence-corrected chi connectivity index (χ3v) is 5.54. The molecule has 0 saturated heterocycles. The van der Waals surface area contributed by atoms with E-state index in [1.807, 2.05) is 63.2 Å². The molecule has 0 saturated carbocycles. The summed E-state index contributed by atoms with van der Waals surface area (Å²) in [5.41, 5.74) is 1.56. The van der Waals surface area contributed by atoms with Crippen LogP contribution >= 0.6 is 0 Å². The van der Waals surface area contributed by atoms with E-state index >= 15 is 0 Å². The maximum absolute atomic E-state index is 12.4. The number of anilines is 1. The standard InChI is InChI=1S/C25H28N6O3/c1-16-8-10-17(11-9-16)22-28-21(34-31-22)13-12-20(32)26-14-25(2,3)15-27-23-18-6-4-5-7-19(18)24(33)30-29-23/h4-11H,12-15H2,1-3H3,(H,26,32)(H,27,29)(H,30,33). The smallest absolute Gasteiger partial charge is 0.272 e. The second kappa shape index (κ2) is 9.86. The van der Waals surface area contributed by atoms with Gasteiger partial charge in [-0.15, -0.1) is 0 Å². The second-order valence-corrected chi connectivity index (χ2v) is 9.12. The van der Waals surface area contributed by atoms with Crippen molar-refractivity contribution in [3.8, 4) is 11.4 Å². The molecule has 4 aromatic rings. The van der Waals surface area contributed by atoms with E-state index in [1.54, 1.807) is 6.07 Å². The Kier molecular flexibility index (Phi) is 6.72. The molecule has 2 aromatic carbocycles. The molecular weight excluding hydrogens is 432 g/mol. The highest BCUT2D eigenvalue weighted by atomic mass is 16.5. The first-order chi connectivity index (χ1) is 16.3. The molecule has 2 aromatic heterocycles. The summed E-state index contributed by atoms with van der Waals surface area (Å²) in [7, 11) is 0. The van der Waals surface area contributed by atoms with E-state index in [0.717, 1.165) is 16.5 Å². The van der Waals surface area contributed by atoms with Crippen molar-refractivity contribution in [1.82, 2.24) is 25.7 Å². The van der Waals surface area contributed by atoms with E-state index in [0.29, 0.717) is 42.4 Å². The number of aromatic nitrogens is 4. The van der Waals surface area contributed by atoms with Gasteiger partial charge < -0.3 is 15.2 Å².